The fourth-order valence-corrected chi connectivity index (χ4v) is 2.35. The molecule has 0 aliphatic carbocycles. The van der Waals surface area contributed by atoms with E-state index in [4.69, 9.17) is 4.74 Å². The molecule has 1 saturated heterocycles. The molecule has 0 unspecified atom stereocenters. The van der Waals surface area contributed by atoms with E-state index in [1.54, 1.807) is 6.20 Å². The monoisotopic (exact) mass is 256 g/mol. The summed E-state index contributed by atoms with van der Waals surface area (Å²) in [6.45, 7) is 5.94. The highest BCUT2D eigenvalue weighted by molar-refractivity contribution is 7.09. The van der Waals surface area contributed by atoms with Crippen molar-refractivity contribution in [1.29, 1.82) is 0 Å². The summed E-state index contributed by atoms with van der Waals surface area (Å²) in [4.78, 5) is 17.2. The van der Waals surface area contributed by atoms with E-state index < -0.39 is 17.3 Å². The molecule has 0 aromatic carbocycles. The molecule has 0 spiro atoms. The lowest BCUT2D eigenvalue weighted by molar-refractivity contribution is -0.103. The molecule has 0 atom stereocenters. The molecule has 0 bridgehead atoms. The minimum atomic E-state index is -0.995. The molecule has 1 aliphatic rings. The number of aromatic nitrogens is 1. The van der Waals surface area contributed by atoms with Gasteiger partial charge in [-0.1, -0.05) is 0 Å². The standard InChI is InChI=1S/C11H16N2O3S/c1-10(2,3)16-9(14)13-6-11(15,7-13)8-12-4-5-17-8/h4-5,15H,6-7H2,1-3H3. The maximum atomic E-state index is 11.7. The fourth-order valence-electron chi connectivity index (χ4n) is 1.63. The maximum absolute atomic E-state index is 11.7. The Labute approximate surface area is 104 Å². The molecular weight excluding hydrogens is 240 g/mol. The van der Waals surface area contributed by atoms with Gasteiger partial charge in [-0.15, -0.1) is 11.3 Å². The summed E-state index contributed by atoms with van der Waals surface area (Å²) in [6, 6.07) is 0. The van der Waals surface area contributed by atoms with Gasteiger partial charge in [0, 0.05) is 11.6 Å². The lowest BCUT2D eigenvalue weighted by atomic mass is 9.96. The topological polar surface area (TPSA) is 62.7 Å². The number of nitrogens with zero attached hydrogens (tertiary/aromatic N) is 2. The summed E-state index contributed by atoms with van der Waals surface area (Å²) in [6.07, 6.45) is 1.26. The second-order valence-electron chi connectivity index (χ2n) is 5.21. The van der Waals surface area contributed by atoms with Crippen molar-refractivity contribution in [1.82, 2.24) is 9.88 Å². The van der Waals surface area contributed by atoms with E-state index in [0.29, 0.717) is 5.01 Å². The van der Waals surface area contributed by atoms with E-state index in [9.17, 15) is 9.90 Å². The predicted molar refractivity (Wildman–Crippen MR) is 63.8 cm³/mol. The Morgan fingerprint density at radius 3 is 2.71 bits per heavy atom. The normalized spacial score (nSPS) is 18.7. The number of rotatable bonds is 1. The van der Waals surface area contributed by atoms with E-state index in [1.165, 1.54) is 16.2 Å². The van der Waals surface area contributed by atoms with Gasteiger partial charge in [-0.05, 0) is 20.8 Å². The van der Waals surface area contributed by atoms with E-state index in [-0.39, 0.29) is 13.1 Å². The third-order valence-corrected chi connectivity index (χ3v) is 3.35. The van der Waals surface area contributed by atoms with Crippen LogP contribution >= 0.6 is 11.3 Å². The summed E-state index contributed by atoms with van der Waals surface area (Å²) in [5.41, 5.74) is -1.50. The average molecular weight is 256 g/mol. The molecule has 2 rings (SSSR count). The largest absolute Gasteiger partial charge is 0.444 e. The number of thiazole rings is 1. The van der Waals surface area contributed by atoms with Crippen molar-refractivity contribution in [3.63, 3.8) is 0 Å². The van der Waals surface area contributed by atoms with Gasteiger partial charge in [-0.2, -0.15) is 0 Å². The van der Waals surface area contributed by atoms with Gasteiger partial charge in [0.25, 0.3) is 0 Å². The molecule has 94 valence electrons. The summed E-state index contributed by atoms with van der Waals surface area (Å²) < 4.78 is 5.21. The van der Waals surface area contributed by atoms with Gasteiger partial charge in [-0.25, -0.2) is 9.78 Å². The van der Waals surface area contributed by atoms with Gasteiger partial charge >= 0.3 is 6.09 Å². The molecule has 1 aromatic rings. The van der Waals surface area contributed by atoms with Crippen molar-refractivity contribution >= 4 is 17.4 Å². The minimum Gasteiger partial charge on any atom is -0.444 e. The third kappa shape index (κ3) is 2.58. The van der Waals surface area contributed by atoms with Crippen LogP contribution in [0.25, 0.3) is 0 Å². The summed E-state index contributed by atoms with van der Waals surface area (Å²) in [7, 11) is 0. The second-order valence-corrected chi connectivity index (χ2v) is 6.10. The number of carbonyl (C=O) groups is 1. The molecule has 1 amide bonds. The van der Waals surface area contributed by atoms with Crippen molar-refractivity contribution in [2.75, 3.05) is 13.1 Å². The van der Waals surface area contributed by atoms with Gasteiger partial charge in [0.15, 0.2) is 5.60 Å². The number of amides is 1. The number of ether oxygens (including phenoxy) is 1. The van der Waals surface area contributed by atoms with E-state index in [0.717, 1.165) is 0 Å². The first kappa shape index (κ1) is 12.3. The van der Waals surface area contributed by atoms with Crippen molar-refractivity contribution in [2.24, 2.45) is 0 Å². The van der Waals surface area contributed by atoms with Crippen LogP contribution in [0, 0.1) is 0 Å². The Hall–Kier alpha value is -1.14. The maximum Gasteiger partial charge on any atom is 0.410 e. The number of carbonyl (C=O) groups excluding carboxylic acids is 1. The molecule has 6 heteroatoms. The highest BCUT2D eigenvalue weighted by atomic mass is 32.1. The fraction of sp³-hybridized carbons (Fsp3) is 0.636. The van der Waals surface area contributed by atoms with Crippen LogP contribution < -0.4 is 0 Å². The van der Waals surface area contributed by atoms with Crippen LogP contribution in [0.1, 0.15) is 25.8 Å². The zero-order valence-corrected chi connectivity index (χ0v) is 11.0. The molecule has 1 aliphatic heterocycles. The van der Waals surface area contributed by atoms with Crippen LogP contribution in [0.4, 0.5) is 4.79 Å². The molecule has 0 saturated carbocycles. The molecule has 17 heavy (non-hydrogen) atoms. The van der Waals surface area contributed by atoms with Crippen molar-refractivity contribution in [3.05, 3.63) is 16.6 Å². The molecule has 1 fully saturated rings. The zero-order chi connectivity index (χ0) is 12.7. The first-order valence-electron chi connectivity index (χ1n) is 5.40. The molecule has 1 N–H and O–H groups in total. The third-order valence-electron chi connectivity index (χ3n) is 2.39. The quantitative estimate of drug-likeness (QED) is 0.828. The minimum absolute atomic E-state index is 0.245. The van der Waals surface area contributed by atoms with Gasteiger partial charge in [0.05, 0.1) is 13.1 Å². The van der Waals surface area contributed by atoms with Crippen LogP contribution in [-0.2, 0) is 10.3 Å². The SMILES string of the molecule is CC(C)(C)OC(=O)N1CC(O)(c2nccs2)C1. The van der Waals surface area contributed by atoms with Gasteiger partial charge in [0.2, 0.25) is 0 Å². The van der Waals surface area contributed by atoms with Gasteiger partial charge in [-0.3, -0.25) is 0 Å². The summed E-state index contributed by atoms with van der Waals surface area (Å²) in [5, 5.41) is 12.6. The van der Waals surface area contributed by atoms with Crippen LogP contribution in [0.3, 0.4) is 0 Å². The smallest absolute Gasteiger partial charge is 0.410 e. The van der Waals surface area contributed by atoms with E-state index in [2.05, 4.69) is 4.98 Å². The first-order chi connectivity index (χ1) is 7.80. The average Bonchev–Trinajstić information content (AvgIpc) is 2.62. The van der Waals surface area contributed by atoms with Crippen molar-refractivity contribution in [3.8, 4) is 0 Å². The highest BCUT2D eigenvalue weighted by Crippen LogP contribution is 2.33. The van der Waals surface area contributed by atoms with Crippen LogP contribution in [0.5, 0.6) is 0 Å². The molecular formula is C11H16N2O3S. The number of hydrogen-bond acceptors (Lipinski definition) is 5. The zero-order valence-electron chi connectivity index (χ0n) is 10.1. The summed E-state index contributed by atoms with van der Waals surface area (Å²) >= 11 is 1.39. The lowest BCUT2D eigenvalue weighted by Gasteiger charge is -2.44. The number of β-amino-alcohol motifs (C(OH)–C–C–N with tert-alkyl or cyclic N) is 1. The number of hydrogen-bond donors (Lipinski definition) is 1. The number of likely N-dealkylation sites (tertiary alicyclic amines) is 1. The van der Waals surface area contributed by atoms with Gasteiger partial charge < -0.3 is 14.7 Å². The van der Waals surface area contributed by atoms with Crippen LogP contribution in [0.2, 0.25) is 0 Å². The predicted octanol–water partition coefficient (Wildman–Crippen LogP) is 1.58. The Morgan fingerprint density at radius 1 is 1.59 bits per heavy atom. The number of aliphatic hydroxyl groups is 1. The Kier molecular flexibility index (Phi) is 2.87. The second kappa shape index (κ2) is 3.96. The van der Waals surface area contributed by atoms with Crippen molar-refractivity contribution in [2.45, 2.75) is 32.0 Å². The highest BCUT2D eigenvalue weighted by Gasteiger charge is 2.48. The molecule has 0 radical (unpaired) electrons. The lowest BCUT2D eigenvalue weighted by Crippen LogP contribution is -2.61. The Morgan fingerprint density at radius 2 is 2.24 bits per heavy atom. The van der Waals surface area contributed by atoms with Crippen LogP contribution in [-0.4, -0.2) is 39.8 Å². The van der Waals surface area contributed by atoms with E-state index >= 15 is 0 Å². The molecule has 2 heterocycles. The van der Waals surface area contributed by atoms with Gasteiger partial charge in [0.1, 0.15) is 10.6 Å². The Bertz CT molecular complexity index is 405. The first-order valence-corrected chi connectivity index (χ1v) is 6.28. The van der Waals surface area contributed by atoms with E-state index in [1.807, 2.05) is 26.2 Å². The molecule has 5 nitrogen and oxygen atoms in total. The summed E-state index contributed by atoms with van der Waals surface area (Å²) in [5.74, 6) is 0. The molecule has 1 aromatic heterocycles. The van der Waals surface area contributed by atoms with Crippen molar-refractivity contribution < 1.29 is 14.6 Å². The Balaban J connectivity index is 1.93. The van der Waals surface area contributed by atoms with Crippen LogP contribution in [0.15, 0.2) is 11.6 Å².